The van der Waals surface area contributed by atoms with Crippen molar-refractivity contribution in [1.82, 2.24) is 0 Å². The minimum atomic E-state index is -0.488. The van der Waals surface area contributed by atoms with Crippen LogP contribution in [0.15, 0.2) is 66.0 Å². The Morgan fingerprint density at radius 3 is 2.36 bits per heavy atom. The first-order valence-corrected chi connectivity index (χ1v) is 9.72. The minimum Gasteiger partial charge on any atom is -0.427 e. The summed E-state index contributed by atoms with van der Waals surface area (Å²) in [6, 6.07) is 16.7. The van der Waals surface area contributed by atoms with Crippen LogP contribution < -0.4 is 10.1 Å². The first-order valence-electron chi connectivity index (χ1n) is 8.46. The van der Waals surface area contributed by atoms with Crippen LogP contribution in [0.5, 0.6) is 5.75 Å². The van der Waals surface area contributed by atoms with Gasteiger partial charge in [-0.15, -0.1) is 11.3 Å². The van der Waals surface area contributed by atoms with Crippen molar-refractivity contribution < 1.29 is 19.1 Å². The number of carbonyl (C=O) groups is 3. The Kier molecular flexibility index (Phi) is 6.57. The largest absolute Gasteiger partial charge is 0.427 e. The van der Waals surface area contributed by atoms with Crippen LogP contribution in [0, 0.1) is 0 Å². The lowest BCUT2D eigenvalue weighted by atomic mass is 10.2. The van der Waals surface area contributed by atoms with Gasteiger partial charge in [-0.2, -0.15) is 0 Å². The Bertz CT molecular complexity index is 984. The molecule has 3 rings (SSSR count). The molecule has 1 aromatic heterocycles. The summed E-state index contributed by atoms with van der Waals surface area (Å²) in [4.78, 5) is 36.7. The molecule has 0 fully saturated rings. The second kappa shape index (κ2) is 9.30. The second-order valence-electron chi connectivity index (χ2n) is 5.83. The molecule has 0 unspecified atom stereocenters. The number of thiophene rings is 1. The lowest BCUT2D eigenvalue weighted by molar-refractivity contribution is -0.134. The molecule has 0 spiro atoms. The molecule has 0 saturated heterocycles. The van der Waals surface area contributed by atoms with Gasteiger partial charge in [0, 0.05) is 12.1 Å². The summed E-state index contributed by atoms with van der Waals surface area (Å²) in [6.45, 7) is 0. The number of ketones is 1. The molecule has 0 radical (unpaired) electrons. The summed E-state index contributed by atoms with van der Waals surface area (Å²) in [5.41, 5.74) is 0.910. The molecule has 1 amide bonds. The fourth-order valence-corrected chi connectivity index (χ4v) is 3.32. The lowest BCUT2D eigenvalue weighted by Crippen LogP contribution is -2.12. The predicted molar refractivity (Wildman–Crippen MR) is 109 cm³/mol. The molecule has 142 valence electrons. The Morgan fingerprint density at radius 1 is 0.929 bits per heavy atom. The molecule has 0 aliphatic rings. The monoisotopic (exact) mass is 413 g/mol. The van der Waals surface area contributed by atoms with Crippen molar-refractivity contribution in [3.8, 4) is 5.75 Å². The van der Waals surface area contributed by atoms with Gasteiger partial charge in [0.05, 0.1) is 21.9 Å². The van der Waals surface area contributed by atoms with Crippen molar-refractivity contribution in [2.45, 2.75) is 12.8 Å². The third kappa shape index (κ3) is 5.28. The van der Waals surface area contributed by atoms with Crippen LogP contribution >= 0.6 is 22.9 Å². The van der Waals surface area contributed by atoms with Gasteiger partial charge in [0.15, 0.2) is 5.78 Å². The van der Waals surface area contributed by atoms with Crippen molar-refractivity contribution in [2.75, 3.05) is 5.32 Å². The molecule has 0 bridgehead atoms. The van der Waals surface area contributed by atoms with Crippen LogP contribution in [0.1, 0.15) is 32.9 Å². The van der Waals surface area contributed by atoms with Gasteiger partial charge < -0.3 is 10.1 Å². The molecular formula is C21H16ClNO4S. The number of rotatable bonds is 7. The number of nitrogens with one attached hydrogen (secondary N) is 1. The Labute approximate surface area is 170 Å². The number of esters is 1. The summed E-state index contributed by atoms with van der Waals surface area (Å²) < 4.78 is 5.22. The maximum atomic E-state index is 12.2. The van der Waals surface area contributed by atoms with Crippen LogP contribution in [0.2, 0.25) is 5.02 Å². The molecule has 28 heavy (non-hydrogen) atoms. The Morgan fingerprint density at radius 2 is 1.68 bits per heavy atom. The van der Waals surface area contributed by atoms with Gasteiger partial charge in [-0.3, -0.25) is 14.4 Å². The van der Waals surface area contributed by atoms with Gasteiger partial charge in [0.1, 0.15) is 5.75 Å². The van der Waals surface area contributed by atoms with E-state index in [9.17, 15) is 14.4 Å². The van der Waals surface area contributed by atoms with Gasteiger partial charge >= 0.3 is 5.97 Å². The topological polar surface area (TPSA) is 72.5 Å². The summed E-state index contributed by atoms with van der Waals surface area (Å²) in [6.07, 6.45) is 0.104. The maximum Gasteiger partial charge on any atom is 0.311 e. The van der Waals surface area contributed by atoms with E-state index in [4.69, 9.17) is 16.3 Å². The lowest BCUT2D eigenvalue weighted by Gasteiger charge is -2.08. The third-order valence-electron chi connectivity index (χ3n) is 3.81. The molecule has 1 N–H and O–H groups in total. The van der Waals surface area contributed by atoms with E-state index < -0.39 is 5.97 Å². The van der Waals surface area contributed by atoms with E-state index in [2.05, 4.69) is 5.32 Å². The zero-order chi connectivity index (χ0) is 19.9. The summed E-state index contributed by atoms with van der Waals surface area (Å²) in [7, 11) is 0. The number of anilines is 1. The average molecular weight is 414 g/mol. The van der Waals surface area contributed by atoms with Crippen molar-refractivity contribution in [3.05, 3.63) is 81.5 Å². The fraction of sp³-hybridized carbons (Fsp3) is 0.0952. The summed E-state index contributed by atoms with van der Waals surface area (Å²) in [5.74, 6) is -0.561. The van der Waals surface area contributed by atoms with Crippen LogP contribution in [0.25, 0.3) is 0 Å². The summed E-state index contributed by atoms with van der Waals surface area (Å²) in [5, 5.41) is 4.91. The number of halogens is 1. The highest BCUT2D eigenvalue weighted by molar-refractivity contribution is 7.12. The van der Waals surface area contributed by atoms with Crippen molar-refractivity contribution in [1.29, 1.82) is 0 Å². The molecule has 5 nitrogen and oxygen atoms in total. The zero-order valence-electron chi connectivity index (χ0n) is 14.7. The van der Waals surface area contributed by atoms with Gasteiger partial charge in [0.2, 0.25) is 0 Å². The standard InChI is InChI=1S/C21H16ClNO4S/c22-17-5-2-1-4-16(17)21(26)23-14-7-9-15(10-8-14)27-20(25)12-11-18(24)19-6-3-13-28-19/h1-10,13H,11-12H2,(H,23,26). The van der Waals surface area contributed by atoms with Crippen molar-refractivity contribution >= 4 is 46.3 Å². The Balaban J connectivity index is 1.51. The van der Waals surface area contributed by atoms with E-state index in [-0.39, 0.29) is 24.5 Å². The zero-order valence-corrected chi connectivity index (χ0v) is 16.3. The van der Waals surface area contributed by atoms with E-state index in [1.54, 1.807) is 60.7 Å². The molecule has 1 heterocycles. The number of carbonyl (C=O) groups excluding carboxylic acids is 3. The molecule has 0 aliphatic carbocycles. The predicted octanol–water partition coefficient (Wildman–Crippen LogP) is 5.22. The molecular weight excluding hydrogens is 398 g/mol. The van der Waals surface area contributed by atoms with Gasteiger partial charge in [0.25, 0.3) is 5.91 Å². The smallest absolute Gasteiger partial charge is 0.311 e. The van der Waals surface area contributed by atoms with E-state index in [1.165, 1.54) is 11.3 Å². The van der Waals surface area contributed by atoms with Crippen LogP contribution in [0.3, 0.4) is 0 Å². The van der Waals surface area contributed by atoms with E-state index >= 15 is 0 Å². The third-order valence-corrected chi connectivity index (χ3v) is 5.06. The highest BCUT2D eigenvalue weighted by Gasteiger charge is 2.13. The van der Waals surface area contributed by atoms with E-state index in [1.807, 2.05) is 5.38 Å². The van der Waals surface area contributed by atoms with E-state index in [0.717, 1.165) is 0 Å². The number of hydrogen-bond acceptors (Lipinski definition) is 5. The quantitative estimate of drug-likeness (QED) is 0.327. The first-order chi connectivity index (χ1) is 13.5. The van der Waals surface area contributed by atoms with Crippen molar-refractivity contribution in [2.24, 2.45) is 0 Å². The number of benzene rings is 2. The van der Waals surface area contributed by atoms with Gasteiger partial charge in [-0.1, -0.05) is 29.8 Å². The molecule has 3 aromatic rings. The SMILES string of the molecule is O=C(CCC(=O)c1cccs1)Oc1ccc(NC(=O)c2ccccc2Cl)cc1. The highest BCUT2D eigenvalue weighted by atomic mass is 35.5. The number of hydrogen-bond donors (Lipinski definition) is 1. The minimum absolute atomic E-state index is 0.00171. The van der Waals surface area contributed by atoms with Crippen LogP contribution in [-0.4, -0.2) is 17.7 Å². The van der Waals surface area contributed by atoms with Gasteiger partial charge in [-0.05, 0) is 47.8 Å². The number of Topliss-reactive ketones (excluding diaryl/α,β-unsaturated/α-hetero) is 1. The fourth-order valence-electron chi connectivity index (χ4n) is 2.41. The summed E-state index contributed by atoms with van der Waals surface area (Å²) >= 11 is 7.36. The number of ether oxygens (including phenoxy) is 1. The highest BCUT2D eigenvalue weighted by Crippen LogP contribution is 2.20. The van der Waals surface area contributed by atoms with Crippen LogP contribution in [-0.2, 0) is 4.79 Å². The normalized spacial score (nSPS) is 10.3. The maximum absolute atomic E-state index is 12.2. The molecule has 0 saturated carbocycles. The number of amides is 1. The molecule has 7 heteroatoms. The average Bonchev–Trinajstić information content (AvgIpc) is 3.23. The Hall–Kier alpha value is -2.96. The molecule has 0 atom stereocenters. The first kappa shape index (κ1) is 19.8. The van der Waals surface area contributed by atoms with E-state index in [0.29, 0.717) is 26.9 Å². The van der Waals surface area contributed by atoms with Crippen LogP contribution in [0.4, 0.5) is 5.69 Å². The molecule has 0 aliphatic heterocycles. The second-order valence-corrected chi connectivity index (χ2v) is 7.19. The van der Waals surface area contributed by atoms with Gasteiger partial charge in [-0.25, -0.2) is 0 Å². The van der Waals surface area contributed by atoms with Crippen molar-refractivity contribution in [3.63, 3.8) is 0 Å². The molecule has 2 aromatic carbocycles.